The average molecular weight is 272 g/mol. The van der Waals surface area contributed by atoms with E-state index in [0.717, 1.165) is 18.5 Å². The third kappa shape index (κ3) is 2.76. The molecule has 2 aromatic rings. The third-order valence-corrected chi connectivity index (χ3v) is 3.12. The molecule has 1 saturated carbocycles. The smallest absolute Gasteiger partial charge is 0.250 e. The van der Waals surface area contributed by atoms with E-state index in [1.54, 1.807) is 16.6 Å². The summed E-state index contributed by atoms with van der Waals surface area (Å²) in [5.74, 6) is 0.541. The lowest BCUT2D eigenvalue weighted by Crippen LogP contribution is -2.37. The number of hydrogen-bond donors (Lipinski definition) is 1. The molecule has 104 valence electrons. The van der Waals surface area contributed by atoms with E-state index < -0.39 is 0 Å². The number of hydrogen-bond acceptors (Lipinski definition) is 5. The van der Waals surface area contributed by atoms with Gasteiger partial charge in [0, 0.05) is 13.1 Å². The van der Waals surface area contributed by atoms with Crippen LogP contribution in [0.15, 0.2) is 30.3 Å². The standard InChI is InChI=1S/C13H16N6O/c1-18(9-12(20)14-10-7-8-10)13-15-16-17-19(13)11-5-3-2-4-6-11/h2-6,10H,7-9H2,1H3,(H,14,20). The third-order valence-electron chi connectivity index (χ3n) is 3.12. The van der Waals surface area contributed by atoms with E-state index in [1.807, 2.05) is 30.3 Å². The number of nitrogens with one attached hydrogen (secondary N) is 1. The number of carbonyl (C=O) groups excluding carboxylic acids is 1. The molecule has 20 heavy (non-hydrogen) atoms. The molecular weight excluding hydrogens is 256 g/mol. The minimum atomic E-state index is -0.00221. The second-order valence-electron chi connectivity index (χ2n) is 4.92. The van der Waals surface area contributed by atoms with Crippen molar-refractivity contribution >= 4 is 11.9 Å². The number of likely N-dealkylation sites (N-methyl/N-ethyl adjacent to an activating group) is 1. The molecular formula is C13H16N6O. The van der Waals surface area contributed by atoms with Gasteiger partial charge in [-0.3, -0.25) is 4.79 Å². The number of aromatic nitrogens is 4. The normalized spacial score (nSPS) is 14.1. The fourth-order valence-electron chi connectivity index (χ4n) is 1.94. The van der Waals surface area contributed by atoms with Crippen molar-refractivity contribution in [3.8, 4) is 5.69 Å². The Hall–Kier alpha value is -2.44. The molecule has 1 amide bonds. The lowest BCUT2D eigenvalue weighted by molar-refractivity contribution is -0.119. The van der Waals surface area contributed by atoms with Gasteiger partial charge in [0.05, 0.1) is 12.2 Å². The molecule has 1 aliphatic carbocycles. The first-order valence-electron chi connectivity index (χ1n) is 6.58. The molecule has 3 rings (SSSR count). The van der Waals surface area contributed by atoms with Gasteiger partial charge in [0.1, 0.15) is 0 Å². The van der Waals surface area contributed by atoms with Crippen LogP contribution in [0.5, 0.6) is 0 Å². The zero-order valence-electron chi connectivity index (χ0n) is 11.2. The molecule has 7 heteroatoms. The molecule has 0 radical (unpaired) electrons. The zero-order valence-corrected chi connectivity index (χ0v) is 11.2. The molecule has 0 saturated heterocycles. The molecule has 7 nitrogen and oxygen atoms in total. The van der Waals surface area contributed by atoms with Crippen LogP contribution in [0.1, 0.15) is 12.8 Å². The number of carbonyl (C=O) groups is 1. The second kappa shape index (κ2) is 5.28. The highest BCUT2D eigenvalue weighted by Gasteiger charge is 2.24. The zero-order chi connectivity index (χ0) is 13.9. The molecule has 0 bridgehead atoms. The van der Waals surface area contributed by atoms with Crippen molar-refractivity contribution in [1.82, 2.24) is 25.5 Å². The highest BCUT2D eigenvalue weighted by molar-refractivity contribution is 5.81. The van der Waals surface area contributed by atoms with Gasteiger partial charge >= 0.3 is 0 Å². The van der Waals surface area contributed by atoms with Gasteiger partial charge in [-0.25, -0.2) is 0 Å². The number of nitrogens with zero attached hydrogens (tertiary/aromatic N) is 5. The number of para-hydroxylation sites is 1. The van der Waals surface area contributed by atoms with Gasteiger partial charge in [0.2, 0.25) is 5.91 Å². The lowest BCUT2D eigenvalue weighted by Gasteiger charge is -2.17. The second-order valence-corrected chi connectivity index (χ2v) is 4.92. The highest BCUT2D eigenvalue weighted by atomic mass is 16.2. The Morgan fingerprint density at radius 2 is 2.15 bits per heavy atom. The van der Waals surface area contributed by atoms with Crippen LogP contribution in [0.4, 0.5) is 5.95 Å². The SMILES string of the molecule is CN(CC(=O)NC1CC1)c1nnnn1-c1ccccc1. The quantitative estimate of drug-likeness (QED) is 0.851. The minimum absolute atomic E-state index is 0.00221. The average Bonchev–Trinajstić information content (AvgIpc) is 3.11. The van der Waals surface area contributed by atoms with Crippen LogP contribution < -0.4 is 10.2 Å². The highest BCUT2D eigenvalue weighted by Crippen LogP contribution is 2.18. The fraction of sp³-hybridized carbons (Fsp3) is 0.385. The van der Waals surface area contributed by atoms with E-state index in [9.17, 15) is 4.79 Å². The van der Waals surface area contributed by atoms with Crippen molar-refractivity contribution in [3.05, 3.63) is 30.3 Å². The summed E-state index contributed by atoms with van der Waals surface area (Å²) in [4.78, 5) is 13.6. The van der Waals surface area contributed by atoms with Crippen molar-refractivity contribution in [2.24, 2.45) is 0 Å². The molecule has 0 unspecified atom stereocenters. The summed E-state index contributed by atoms with van der Waals surface area (Å²) >= 11 is 0. The van der Waals surface area contributed by atoms with Crippen LogP contribution in [0.25, 0.3) is 5.69 Å². The van der Waals surface area contributed by atoms with Crippen LogP contribution in [0, 0.1) is 0 Å². The summed E-state index contributed by atoms with van der Waals surface area (Å²) < 4.78 is 1.62. The molecule has 1 aromatic carbocycles. The molecule has 0 atom stereocenters. The van der Waals surface area contributed by atoms with Crippen molar-refractivity contribution < 1.29 is 4.79 Å². The minimum Gasteiger partial charge on any atom is -0.352 e. The Balaban J connectivity index is 1.73. The monoisotopic (exact) mass is 272 g/mol. The molecule has 1 fully saturated rings. The Bertz CT molecular complexity index is 592. The van der Waals surface area contributed by atoms with E-state index in [-0.39, 0.29) is 12.5 Å². The van der Waals surface area contributed by atoms with Gasteiger partial charge in [-0.2, -0.15) is 4.68 Å². The molecule has 1 aliphatic rings. The van der Waals surface area contributed by atoms with Crippen LogP contribution in [0.2, 0.25) is 0 Å². The van der Waals surface area contributed by atoms with Gasteiger partial charge in [-0.1, -0.05) is 23.3 Å². The van der Waals surface area contributed by atoms with E-state index in [4.69, 9.17) is 0 Å². The van der Waals surface area contributed by atoms with E-state index in [1.165, 1.54) is 0 Å². The first kappa shape index (κ1) is 12.6. The predicted octanol–water partition coefficient (Wildman–Crippen LogP) is 0.377. The van der Waals surface area contributed by atoms with Crippen molar-refractivity contribution in [2.45, 2.75) is 18.9 Å². The summed E-state index contributed by atoms with van der Waals surface area (Å²) in [7, 11) is 1.80. The number of rotatable bonds is 5. The van der Waals surface area contributed by atoms with Gasteiger partial charge in [0.15, 0.2) is 0 Å². The number of tetrazole rings is 1. The van der Waals surface area contributed by atoms with E-state index >= 15 is 0 Å². The van der Waals surface area contributed by atoms with Crippen molar-refractivity contribution in [3.63, 3.8) is 0 Å². The summed E-state index contributed by atoms with van der Waals surface area (Å²) in [6.45, 7) is 0.240. The molecule has 0 spiro atoms. The van der Waals surface area contributed by atoms with Crippen LogP contribution in [0.3, 0.4) is 0 Å². The Morgan fingerprint density at radius 1 is 1.40 bits per heavy atom. The maximum absolute atomic E-state index is 11.8. The van der Waals surface area contributed by atoms with Gasteiger partial charge in [-0.15, -0.1) is 0 Å². The van der Waals surface area contributed by atoms with Crippen LogP contribution >= 0.6 is 0 Å². The van der Waals surface area contributed by atoms with Gasteiger partial charge in [-0.05, 0) is 35.4 Å². The summed E-state index contributed by atoms with van der Waals surface area (Å²) in [6, 6.07) is 9.96. The van der Waals surface area contributed by atoms with E-state index in [0.29, 0.717) is 12.0 Å². The Morgan fingerprint density at radius 3 is 2.85 bits per heavy atom. The molecule has 1 heterocycles. The Labute approximate surface area is 116 Å². The van der Waals surface area contributed by atoms with Gasteiger partial charge < -0.3 is 10.2 Å². The first-order valence-corrected chi connectivity index (χ1v) is 6.58. The molecule has 1 N–H and O–H groups in total. The van der Waals surface area contributed by atoms with Crippen LogP contribution in [-0.2, 0) is 4.79 Å². The number of benzene rings is 1. The summed E-state index contributed by atoms with van der Waals surface area (Å²) in [5, 5.41) is 14.6. The summed E-state index contributed by atoms with van der Waals surface area (Å²) in [6.07, 6.45) is 2.16. The van der Waals surface area contributed by atoms with Crippen molar-refractivity contribution in [2.75, 3.05) is 18.5 Å². The maximum Gasteiger partial charge on any atom is 0.250 e. The Kier molecular flexibility index (Phi) is 3.32. The predicted molar refractivity (Wildman–Crippen MR) is 73.6 cm³/mol. The fourth-order valence-corrected chi connectivity index (χ4v) is 1.94. The van der Waals surface area contributed by atoms with Gasteiger partial charge in [0.25, 0.3) is 5.95 Å². The molecule has 0 aliphatic heterocycles. The number of anilines is 1. The van der Waals surface area contributed by atoms with E-state index in [2.05, 4.69) is 20.8 Å². The number of amides is 1. The topological polar surface area (TPSA) is 75.9 Å². The summed E-state index contributed by atoms with van der Waals surface area (Å²) in [5.41, 5.74) is 0.863. The molecule has 1 aromatic heterocycles. The van der Waals surface area contributed by atoms with Crippen LogP contribution in [-0.4, -0.2) is 45.7 Å². The largest absolute Gasteiger partial charge is 0.352 e. The van der Waals surface area contributed by atoms with Crippen molar-refractivity contribution in [1.29, 1.82) is 0 Å². The lowest BCUT2D eigenvalue weighted by atomic mass is 10.3. The first-order chi connectivity index (χ1) is 9.74. The maximum atomic E-state index is 11.8.